The molecule has 0 aromatic heterocycles. The molecule has 2 aromatic rings. The zero-order valence-electron chi connectivity index (χ0n) is 21.8. The van der Waals surface area contributed by atoms with E-state index in [1.165, 1.54) is 0 Å². The van der Waals surface area contributed by atoms with Gasteiger partial charge in [0.1, 0.15) is 6.04 Å². The quantitative estimate of drug-likeness (QED) is 0.434. The average Bonchev–Trinajstić information content (AvgIpc) is 3.45. The number of aliphatic hydroxyl groups excluding tert-OH is 1. The number of benzene rings is 2. The molecule has 7 nitrogen and oxygen atoms in total. The van der Waals surface area contributed by atoms with Gasteiger partial charge in [0, 0.05) is 21.1 Å². The van der Waals surface area contributed by atoms with Crippen LogP contribution in [-0.4, -0.2) is 55.9 Å². The van der Waals surface area contributed by atoms with Crippen LogP contribution in [0.4, 0.5) is 11.4 Å². The molecule has 3 N–H and O–H groups in total. The number of aliphatic hydroxyl groups is 1. The van der Waals surface area contributed by atoms with Gasteiger partial charge in [0.25, 0.3) is 0 Å². The van der Waals surface area contributed by atoms with Crippen molar-refractivity contribution in [1.82, 2.24) is 4.90 Å². The lowest BCUT2D eigenvalue weighted by molar-refractivity contribution is -0.142. The highest BCUT2D eigenvalue weighted by molar-refractivity contribution is 8.02. The Balaban J connectivity index is 1.54. The number of carbonyl (C=O) groups excluding carboxylic acids is 3. The minimum atomic E-state index is -0.812. The Morgan fingerprint density at radius 1 is 1.05 bits per heavy atom. The number of rotatable bonds is 8. The minimum absolute atomic E-state index is 0.200. The number of likely N-dealkylation sites (tertiary alicyclic amines) is 1. The fourth-order valence-corrected chi connectivity index (χ4v) is 9.23. The summed E-state index contributed by atoms with van der Waals surface area (Å²) in [6.07, 6.45) is 1.92. The first-order valence-electron chi connectivity index (χ1n) is 13.1. The van der Waals surface area contributed by atoms with E-state index >= 15 is 0 Å². The predicted octanol–water partition coefficient (Wildman–Crippen LogP) is 4.81. The summed E-state index contributed by atoms with van der Waals surface area (Å²) in [7, 11) is 0. The van der Waals surface area contributed by atoms with Gasteiger partial charge in [-0.1, -0.05) is 43.6 Å². The molecule has 3 aliphatic heterocycles. The number of carbonyl (C=O) groups is 3. The Morgan fingerprint density at radius 3 is 2.32 bits per heavy atom. The topological polar surface area (TPSA) is 98.7 Å². The van der Waals surface area contributed by atoms with E-state index < -0.39 is 33.4 Å². The van der Waals surface area contributed by atoms with Gasteiger partial charge in [-0.3, -0.25) is 14.4 Å². The van der Waals surface area contributed by atoms with E-state index in [9.17, 15) is 19.5 Å². The van der Waals surface area contributed by atoms with E-state index in [2.05, 4.69) is 10.6 Å². The second-order valence-corrected chi connectivity index (χ2v) is 13.6. The van der Waals surface area contributed by atoms with Crippen LogP contribution in [0.1, 0.15) is 40.0 Å². The molecule has 0 aliphatic carbocycles. The lowest BCUT2D eigenvalue weighted by Gasteiger charge is -2.37. The lowest BCUT2D eigenvalue weighted by Crippen LogP contribution is -2.55. The van der Waals surface area contributed by atoms with Crippen molar-refractivity contribution in [3.63, 3.8) is 0 Å². The summed E-state index contributed by atoms with van der Waals surface area (Å²) in [6, 6.07) is 14.8. The van der Waals surface area contributed by atoms with Gasteiger partial charge in [-0.2, -0.15) is 0 Å². The standard InChI is InChI=1S/C29H34ClN3O4S/c1-17(2)15-21(16-34)33-24(26(36)32-20-11-9-18(30)10-12-20)29-14-13-28(3,38-29)22(23(29)27(33)37)25(35)31-19-7-5-4-6-8-19/h4-12,17,21-24,34H,13-16H2,1-3H3,(H,31,35)(H,32,36)/t21-,22+,23+,24?,28-,29?/m1/s1. The minimum Gasteiger partial charge on any atom is -0.394 e. The lowest BCUT2D eigenvalue weighted by atomic mass is 9.66. The molecule has 3 heterocycles. The van der Waals surface area contributed by atoms with Gasteiger partial charge < -0.3 is 20.6 Å². The maximum absolute atomic E-state index is 14.3. The molecule has 9 heteroatoms. The third-order valence-corrected chi connectivity index (χ3v) is 10.5. The maximum atomic E-state index is 14.3. The highest BCUT2D eigenvalue weighted by Crippen LogP contribution is 2.71. The van der Waals surface area contributed by atoms with Crippen LogP contribution in [0, 0.1) is 17.8 Å². The van der Waals surface area contributed by atoms with Gasteiger partial charge in [-0.15, -0.1) is 11.8 Å². The fraction of sp³-hybridized carbons (Fsp3) is 0.483. The van der Waals surface area contributed by atoms with Crippen molar-refractivity contribution in [3.05, 3.63) is 59.6 Å². The van der Waals surface area contributed by atoms with Crippen molar-refractivity contribution in [2.45, 2.75) is 61.6 Å². The van der Waals surface area contributed by atoms with Crippen LogP contribution in [-0.2, 0) is 14.4 Å². The maximum Gasteiger partial charge on any atom is 0.248 e. The third-order valence-electron chi connectivity index (χ3n) is 8.25. The molecule has 38 heavy (non-hydrogen) atoms. The summed E-state index contributed by atoms with van der Waals surface area (Å²) in [6.45, 7) is 5.86. The number of anilines is 2. The predicted molar refractivity (Wildman–Crippen MR) is 151 cm³/mol. The Bertz CT molecular complexity index is 1230. The molecule has 0 saturated carbocycles. The molecular formula is C29H34ClN3O4S. The molecule has 2 aromatic carbocycles. The molecule has 3 aliphatic rings. The number of fused-ring (bicyclic) bond motifs is 1. The Labute approximate surface area is 232 Å². The molecule has 1 spiro atoms. The van der Waals surface area contributed by atoms with Crippen LogP contribution in [0.3, 0.4) is 0 Å². The van der Waals surface area contributed by atoms with Crippen LogP contribution >= 0.6 is 23.4 Å². The zero-order chi connectivity index (χ0) is 27.2. The molecule has 2 bridgehead atoms. The smallest absolute Gasteiger partial charge is 0.248 e. The SMILES string of the molecule is CC(C)C[C@H](CO)N1C(=O)[C@@H]2[C@@H](C(=O)Nc3ccccc3)[C@@]3(C)CCC2(S3)C1C(=O)Nc1ccc(Cl)cc1. The number of para-hydroxylation sites is 1. The number of thioether (sulfide) groups is 1. The van der Waals surface area contributed by atoms with Crippen LogP contribution < -0.4 is 10.6 Å². The normalized spacial score (nSPS) is 30.4. The highest BCUT2D eigenvalue weighted by Gasteiger charge is 2.77. The van der Waals surface area contributed by atoms with E-state index in [4.69, 9.17) is 11.6 Å². The monoisotopic (exact) mass is 555 g/mol. The average molecular weight is 556 g/mol. The fourth-order valence-electron chi connectivity index (χ4n) is 6.76. The largest absolute Gasteiger partial charge is 0.394 e. The van der Waals surface area contributed by atoms with Crippen LogP contribution in [0.2, 0.25) is 5.02 Å². The highest BCUT2D eigenvalue weighted by atomic mass is 35.5. The molecule has 5 rings (SSSR count). The molecule has 6 atom stereocenters. The Hall–Kier alpha value is -2.55. The van der Waals surface area contributed by atoms with Gasteiger partial charge in [0.2, 0.25) is 17.7 Å². The van der Waals surface area contributed by atoms with E-state index in [1.54, 1.807) is 40.9 Å². The van der Waals surface area contributed by atoms with Crippen molar-refractivity contribution in [2.75, 3.05) is 17.2 Å². The van der Waals surface area contributed by atoms with Gasteiger partial charge >= 0.3 is 0 Å². The molecule has 2 unspecified atom stereocenters. The van der Waals surface area contributed by atoms with E-state index in [0.717, 1.165) is 6.42 Å². The van der Waals surface area contributed by atoms with Crippen molar-refractivity contribution in [2.24, 2.45) is 17.8 Å². The van der Waals surface area contributed by atoms with Crippen LogP contribution in [0.25, 0.3) is 0 Å². The summed E-state index contributed by atoms with van der Waals surface area (Å²) in [5, 5.41) is 17.0. The number of amides is 3. The van der Waals surface area contributed by atoms with Gasteiger partial charge in [0.15, 0.2) is 0 Å². The molecule has 0 radical (unpaired) electrons. The molecule has 202 valence electrons. The molecule has 3 saturated heterocycles. The van der Waals surface area contributed by atoms with Crippen molar-refractivity contribution in [3.8, 4) is 0 Å². The van der Waals surface area contributed by atoms with Gasteiger partial charge in [-0.05, 0) is 68.5 Å². The first-order valence-corrected chi connectivity index (χ1v) is 14.3. The summed E-state index contributed by atoms with van der Waals surface area (Å²) in [4.78, 5) is 43.7. The Kier molecular flexibility index (Phi) is 7.26. The number of hydrogen-bond acceptors (Lipinski definition) is 5. The number of nitrogens with zero attached hydrogens (tertiary/aromatic N) is 1. The van der Waals surface area contributed by atoms with Crippen molar-refractivity contribution >= 4 is 52.5 Å². The summed E-state index contributed by atoms with van der Waals surface area (Å²) in [5.74, 6) is -1.76. The Morgan fingerprint density at radius 2 is 1.68 bits per heavy atom. The second kappa shape index (κ2) is 10.2. The van der Waals surface area contributed by atoms with E-state index in [-0.39, 0.29) is 30.2 Å². The van der Waals surface area contributed by atoms with Crippen molar-refractivity contribution < 1.29 is 19.5 Å². The first kappa shape index (κ1) is 27.0. The number of hydrogen-bond donors (Lipinski definition) is 3. The molecule has 3 fully saturated rings. The zero-order valence-corrected chi connectivity index (χ0v) is 23.4. The second-order valence-electron chi connectivity index (χ2n) is 11.3. The van der Waals surface area contributed by atoms with E-state index in [1.807, 2.05) is 51.1 Å². The number of halogens is 1. The van der Waals surface area contributed by atoms with E-state index in [0.29, 0.717) is 29.2 Å². The summed E-state index contributed by atoms with van der Waals surface area (Å²) in [5.41, 5.74) is 1.26. The summed E-state index contributed by atoms with van der Waals surface area (Å²) >= 11 is 7.65. The van der Waals surface area contributed by atoms with Crippen molar-refractivity contribution in [1.29, 1.82) is 0 Å². The number of nitrogens with one attached hydrogen (secondary N) is 2. The van der Waals surface area contributed by atoms with Gasteiger partial charge in [-0.25, -0.2) is 0 Å². The third kappa shape index (κ3) is 4.50. The van der Waals surface area contributed by atoms with Crippen LogP contribution in [0.15, 0.2) is 54.6 Å². The molecular weight excluding hydrogens is 522 g/mol. The molecule has 3 amide bonds. The van der Waals surface area contributed by atoms with Crippen LogP contribution in [0.5, 0.6) is 0 Å². The first-order chi connectivity index (χ1) is 18.1. The van der Waals surface area contributed by atoms with Gasteiger partial charge in [0.05, 0.1) is 29.2 Å². The summed E-state index contributed by atoms with van der Waals surface area (Å²) < 4.78 is -1.23.